The van der Waals surface area contributed by atoms with Crippen LogP contribution in [0.25, 0.3) is 0 Å². The lowest BCUT2D eigenvalue weighted by Gasteiger charge is -2.13. The first-order valence-electron chi connectivity index (χ1n) is 5.29. The molecule has 0 nitrogen and oxygen atoms in total. The van der Waals surface area contributed by atoms with Crippen LogP contribution in [0.3, 0.4) is 0 Å². The van der Waals surface area contributed by atoms with Crippen LogP contribution in [0.15, 0.2) is 22.7 Å². The molecular formula is C12H10BrF3. The summed E-state index contributed by atoms with van der Waals surface area (Å²) in [6, 6.07) is 5.66. The van der Waals surface area contributed by atoms with Gasteiger partial charge < -0.3 is 0 Å². The van der Waals surface area contributed by atoms with Gasteiger partial charge in [0.2, 0.25) is 0 Å². The highest BCUT2D eigenvalue weighted by Gasteiger charge is 2.68. The van der Waals surface area contributed by atoms with E-state index >= 15 is 0 Å². The standard InChI is InChI=1S/C12H10BrF3/c13-8-1-2-9-7(5-8)3-4-11(9)6-10(11)12(14,15)16/h1-2,5,10H,3-4,6H2/t10-,11+/m1/s1. The van der Waals surface area contributed by atoms with Gasteiger partial charge in [-0.3, -0.25) is 0 Å². The lowest BCUT2D eigenvalue weighted by Crippen LogP contribution is -2.18. The van der Waals surface area contributed by atoms with E-state index in [2.05, 4.69) is 15.9 Å². The second-order valence-electron chi connectivity index (χ2n) is 4.76. The third kappa shape index (κ3) is 1.35. The van der Waals surface area contributed by atoms with Crippen LogP contribution in [0.4, 0.5) is 13.2 Å². The molecule has 3 rings (SSSR count). The molecule has 0 bridgehead atoms. The summed E-state index contributed by atoms with van der Waals surface area (Å²) in [5, 5.41) is 0. The van der Waals surface area contributed by atoms with Gasteiger partial charge in [-0.05, 0) is 42.5 Å². The van der Waals surface area contributed by atoms with Crippen LogP contribution in [-0.4, -0.2) is 6.18 Å². The van der Waals surface area contributed by atoms with E-state index in [9.17, 15) is 13.2 Å². The van der Waals surface area contributed by atoms with Crippen LogP contribution in [0.2, 0.25) is 0 Å². The molecule has 1 aromatic carbocycles. The van der Waals surface area contributed by atoms with Crippen molar-refractivity contribution >= 4 is 15.9 Å². The van der Waals surface area contributed by atoms with Gasteiger partial charge in [-0.25, -0.2) is 0 Å². The number of hydrogen-bond acceptors (Lipinski definition) is 0. The maximum atomic E-state index is 12.7. The van der Waals surface area contributed by atoms with Crippen LogP contribution in [0, 0.1) is 5.92 Å². The first kappa shape index (κ1) is 10.6. The van der Waals surface area contributed by atoms with Gasteiger partial charge in [0.25, 0.3) is 0 Å². The average molecular weight is 291 g/mol. The minimum Gasteiger partial charge on any atom is -0.171 e. The summed E-state index contributed by atoms with van der Waals surface area (Å²) in [4.78, 5) is 0. The molecule has 0 saturated heterocycles. The van der Waals surface area contributed by atoms with E-state index in [-0.39, 0.29) is 6.42 Å². The van der Waals surface area contributed by atoms with E-state index in [1.165, 1.54) is 0 Å². The van der Waals surface area contributed by atoms with Gasteiger partial charge in [-0.2, -0.15) is 13.2 Å². The van der Waals surface area contributed by atoms with E-state index in [0.29, 0.717) is 6.42 Å². The van der Waals surface area contributed by atoms with Crippen LogP contribution < -0.4 is 0 Å². The molecule has 2 aliphatic rings. The molecule has 1 fully saturated rings. The lowest BCUT2D eigenvalue weighted by atomic mass is 9.95. The highest BCUT2D eigenvalue weighted by atomic mass is 79.9. The third-order valence-corrected chi connectivity index (χ3v) is 4.41. The Labute approximate surface area is 100.0 Å². The number of rotatable bonds is 0. The van der Waals surface area contributed by atoms with Crippen molar-refractivity contribution in [2.24, 2.45) is 5.92 Å². The maximum Gasteiger partial charge on any atom is 0.392 e. The first-order chi connectivity index (χ1) is 7.43. The van der Waals surface area contributed by atoms with E-state index in [1.807, 2.05) is 18.2 Å². The largest absolute Gasteiger partial charge is 0.392 e. The zero-order valence-corrected chi connectivity index (χ0v) is 10.0. The van der Waals surface area contributed by atoms with Gasteiger partial charge in [0.1, 0.15) is 0 Å². The predicted molar refractivity (Wildman–Crippen MR) is 58.3 cm³/mol. The number of alkyl halides is 3. The van der Waals surface area contributed by atoms with Crippen LogP contribution in [0.5, 0.6) is 0 Å². The number of hydrogen-bond donors (Lipinski definition) is 0. The molecule has 1 spiro atoms. The molecule has 0 heterocycles. The Morgan fingerprint density at radius 3 is 2.69 bits per heavy atom. The molecule has 86 valence electrons. The first-order valence-corrected chi connectivity index (χ1v) is 6.08. The Morgan fingerprint density at radius 1 is 1.31 bits per heavy atom. The minimum absolute atomic E-state index is 0.283. The fourth-order valence-corrected chi connectivity index (χ4v) is 3.46. The van der Waals surface area contributed by atoms with E-state index < -0.39 is 17.5 Å². The van der Waals surface area contributed by atoms with Crippen LogP contribution >= 0.6 is 15.9 Å². The van der Waals surface area contributed by atoms with Gasteiger partial charge in [0.05, 0.1) is 5.92 Å². The third-order valence-electron chi connectivity index (χ3n) is 3.91. The number of aryl methyl sites for hydroxylation is 1. The molecule has 0 radical (unpaired) electrons. The van der Waals surface area contributed by atoms with Gasteiger partial charge in [0, 0.05) is 9.89 Å². The molecule has 2 atom stereocenters. The fraction of sp³-hybridized carbons (Fsp3) is 0.500. The molecular weight excluding hydrogens is 281 g/mol. The maximum absolute atomic E-state index is 12.7. The van der Waals surface area contributed by atoms with Gasteiger partial charge in [0.15, 0.2) is 0 Å². The number of halogens is 4. The molecule has 16 heavy (non-hydrogen) atoms. The minimum atomic E-state index is -4.03. The van der Waals surface area contributed by atoms with Gasteiger partial charge >= 0.3 is 6.18 Å². The Balaban J connectivity index is 2.00. The normalized spacial score (nSPS) is 31.9. The molecule has 0 aliphatic heterocycles. The fourth-order valence-electron chi connectivity index (χ4n) is 3.06. The quantitative estimate of drug-likeness (QED) is 0.671. The molecule has 0 aromatic heterocycles. The van der Waals surface area contributed by atoms with Crippen molar-refractivity contribution in [2.45, 2.75) is 30.9 Å². The second-order valence-corrected chi connectivity index (χ2v) is 5.67. The monoisotopic (exact) mass is 290 g/mol. The summed E-state index contributed by atoms with van der Waals surface area (Å²) < 4.78 is 39.1. The summed E-state index contributed by atoms with van der Waals surface area (Å²) in [7, 11) is 0. The molecule has 0 unspecified atom stereocenters. The molecule has 0 amide bonds. The second kappa shape index (κ2) is 3.03. The van der Waals surface area contributed by atoms with Crippen molar-refractivity contribution < 1.29 is 13.2 Å². The van der Waals surface area contributed by atoms with E-state index in [0.717, 1.165) is 22.0 Å². The average Bonchev–Trinajstić information content (AvgIpc) is 2.80. The zero-order chi connectivity index (χ0) is 11.6. The summed E-state index contributed by atoms with van der Waals surface area (Å²) in [5.41, 5.74) is 1.44. The number of benzene rings is 1. The Bertz CT molecular complexity index is 452. The van der Waals surface area contributed by atoms with Crippen molar-refractivity contribution in [1.29, 1.82) is 0 Å². The Kier molecular flexibility index (Phi) is 2.01. The predicted octanol–water partition coefficient (Wildman–Crippen LogP) is 4.22. The molecule has 4 heteroatoms. The van der Waals surface area contributed by atoms with E-state index in [1.54, 1.807) is 0 Å². The lowest BCUT2D eigenvalue weighted by molar-refractivity contribution is -0.152. The summed E-state index contributed by atoms with van der Waals surface area (Å²) in [5.74, 6) is -1.11. The van der Waals surface area contributed by atoms with Crippen molar-refractivity contribution in [1.82, 2.24) is 0 Å². The Morgan fingerprint density at radius 2 is 2.06 bits per heavy atom. The highest BCUT2D eigenvalue weighted by Crippen LogP contribution is 2.66. The molecule has 1 aromatic rings. The summed E-state index contributed by atoms with van der Waals surface area (Å²) in [6.07, 6.45) is -2.32. The topological polar surface area (TPSA) is 0 Å². The smallest absolute Gasteiger partial charge is 0.171 e. The van der Waals surface area contributed by atoms with Crippen LogP contribution in [0.1, 0.15) is 24.0 Å². The SMILES string of the molecule is FC(F)(F)[C@@H]1C[C@]12CCc1cc(Br)ccc12. The summed E-state index contributed by atoms with van der Waals surface area (Å²) >= 11 is 3.36. The molecule has 1 saturated carbocycles. The van der Waals surface area contributed by atoms with Crippen LogP contribution in [-0.2, 0) is 11.8 Å². The van der Waals surface area contributed by atoms with Crippen molar-refractivity contribution in [2.75, 3.05) is 0 Å². The van der Waals surface area contributed by atoms with Gasteiger partial charge in [-0.1, -0.05) is 22.0 Å². The van der Waals surface area contributed by atoms with E-state index in [4.69, 9.17) is 0 Å². The highest BCUT2D eigenvalue weighted by molar-refractivity contribution is 9.10. The van der Waals surface area contributed by atoms with Crippen molar-refractivity contribution in [3.63, 3.8) is 0 Å². The van der Waals surface area contributed by atoms with Crippen molar-refractivity contribution in [3.05, 3.63) is 33.8 Å². The molecule has 2 aliphatic carbocycles. The molecule has 0 N–H and O–H groups in total. The van der Waals surface area contributed by atoms with Gasteiger partial charge in [-0.15, -0.1) is 0 Å². The zero-order valence-electron chi connectivity index (χ0n) is 8.44. The number of fused-ring (bicyclic) bond motifs is 2. The van der Waals surface area contributed by atoms with Crippen molar-refractivity contribution in [3.8, 4) is 0 Å². The summed E-state index contributed by atoms with van der Waals surface area (Å²) in [6.45, 7) is 0. The Hall–Kier alpha value is -0.510.